The Morgan fingerprint density at radius 3 is 2.74 bits per heavy atom. The SMILES string of the molecule is CC(C)n1cc(Oc2ccc(C(=O)O)cc2Br)cn1. The van der Waals surface area contributed by atoms with Crippen LogP contribution in [0.15, 0.2) is 35.1 Å². The van der Waals surface area contributed by atoms with Crippen LogP contribution in [0, 0.1) is 0 Å². The van der Waals surface area contributed by atoms with E-state index in [-0.39, 0.29) is 11.6 Å². The van der Waals surface area contributed by atoms with Gasteiger partial charge in [0.05, 0.1) is 22.4 Å². The van der Waals surface area contributed by atoms with Crippen LogP contribution in [0.25, 0.3) is 0 Å². The van der Waals surface area contributed by atoms with E-state index in [0.717, 1.165) is 0 Å². The standard InChI is InChI=1S/C13H13BrN2O3/c1-8(2)16-7-10(6-15-16)19-12-4-3-9(13(17)18)5-11(12)14/h3-8H,1-2H3,(H,17,18). The predicted molar refractivity (Wildman–Crippen MR) is 73.8 cm³/mol. The minimum absolute atomic E-state index is 0.206. The van der Waals surface area contributed by atoms with Crippen molar-refractivity contribution in [1.29, 1.82) is 0 Å². The number of aromatic nitrogens is 2. The smallest absolute Gasteiger partial charge is 0.335 e. The summed E-state index contributed by atoms with van der Waals surface area (Å²) in [5.74, 6) is 0.186. The van der Waals surface area contributed by atoms with Crippen LogP contribution in [0.4, 0.5) is 0 Å². The van der Waals surface area contributed by atoms with Gasteiger partial charge in [-0.05, 0) is 48.0 Å². The highest BCUT2D eigenvalue weighted by molar-refractivity contribution is 9.10. The van der Waals surface area contributed by atoms with E-state index in [2.05, 4.69) is 21.0 Å². The first-order valence-electron chi connectivity index (χ1n) is 5.72. The second-order valence-corrected chi connectivity index (χ2v) is 5.16. The molecular weight excluding hydrogens is 312 g/mol. The molecule has 1 heterocycles. The van der Waals surface area contributed by atoms with Crippen molar-refractivity contribution in [1.82, 2.24) is 9.78 Å². The molecule has 0 amide bonds. The Morgan fingerprint density at radius 1 is 1.47 bits per heavy atom. The molecule has 2 aromatic rings. The fourth-order valence-corrected chi connectivity index (χ4v) is 1.96. The van der Waals surface area contributed by atoms with Crippen molar-refractivity contribution >= 4 is 21.9 Å². The lowest BCUT2D eigenvalue weighted by molar-refractivity contribution is 0.0697. The Hall–Kier alpha value is -1.82. The zero-order valence-electron chi connectivity index (χ0n) is 10.5. The molecule has 0 fully saturated rings. The number of rotatable bonds is 4. The minimum atomic E-state index is -0.972. The van der Waals surface area contributed by atoms with Crippen molar-refractivity contribution in [3.8, 4) is 11.5 Å². The summed E-state index contributed by atoms with van der Waals surface area (Å²) in [7, 11) is 0. The monoisotopic (exact) mass is 324 g/mol. The van der Waals surface area contributed by atoms with Gasteiger partial charge in [0.1, 0.15) is 5.75 Å². The van der Waals surface area contributed by atoms with Gasteiger partial charge in [0.2, 0.25) is 0 Å². The van der Waals surface area contributed by atoms with Crippen molar-refractivity contribution in [2.45, 2.75) is 19.9 Å². The third kappa shape index (κ3) is 3.14. The summed E-state index contributed by atoms with van der Waals surface area (Å²) >= 11 is 3.29. The summed E-state index contributed by atoms with van der Waals surface area (Å²) in [6.45, 7) is 4.04. The second kappa shape index (κ2) is 5.44. The number of carboxylic acids is 1. The molecule has 0 aliphatic carbocycles. The molecule has 5 nitrogen and oxygen atoms in total. The molecule has 1 aromatic heterocycles. The average Bonchev–Trinajstić information content (AvgIpc) is 2.80. The highest BCUT2D eigenvalue weighted by Crippen LogP contribution is 2.30. The average molecular weight is 325 g/mol. The second-order valence-electron chi connectivity index (χ2n) is 4.30. The molecule has 0 radical (unpaired) electrons. The zero-order chi connectivity index (χ0) is 14.0. The van der Waals surface area contributed by atoms with Gasteiger partial charge in [-0.15, -0.1) is 0 Å². The molecule has 1 aromatic carbocycles. The first-order chi connectivity index (χ1) is 8.97. The number of hydrogen-bond donors (Lipinski definition) is 1. The number of carbonyl (C=O) groups is 1. The van der Waals surface area contributed by atoms with Crippen LogP contribution in [-0.4, -0.2) is 20.9 Å². The van der Waals surface area contributed by atoms with Crippen LogP contribution in [0.3, 0.4) is 0 Å². The number of ether oxygens (including phenoxy) is 1. The maximum absolute atomic E-state index is 10.8. The van der Waals surface area contributed by atoms with Crippen molar-refractivity contribution in [3.63, 3.8) is 0 Å². The first kappa shape index (κ1) is 13.6. The van der Waals surface area contributed by atoms with Gasteiger partial charge >= 0.3 is 5.97 Å². The zero-order valence-corrected chi connectivity index (χ0v) is 12.1. The normalized spacial score (nSPS) is 10.7. The van der Waals surface area contributed by atoms with E-state index >= 15 is 0 Å². The molecule has 19 heavy (non-hydrogen) atoms. The van der Waals surface area contributed by atoms with Crippen molar-refractivity contribution in [2.75, 3.05) is 0 Å². The molecule has 0 aliphatic rings. The summed E-state index contributed by atoms with van der Waals surface area (Å²) < 4.78 is 8.03. The van der Waals surface area contributed by atoms with Crippen LogP contribution < -0.4 is 4.74 Å². The largest absolute Gasteiger partial charge is 0.478 e. The fourth-order valence-electron chi connectivity index (χ4n) is 1.50. The quantitative estimate of drug-likeness (QED) is 0.930. The van der Waals surface area contributed by atoms with Crippen molar-refractivity contribution in [3.05, 3.63) is 40.6 Å². The van der Waals surface area contributed by atoms with E-state index in [1.165, 1.54) is 12.1 Å². The van der Waals surface area contributed by atoms with Gasteiger partial charge < -0.3 is 9.84 Å². The van der Waals surface area contributed by atoms with E-state index < -0.39 is 5.97 Å². The number of benzene rings is 1. The molecule has 0 saturated heterocycles. The van der Waals surface area contributed by atoms with Crippen LogP contribution in [-0.2, 0) is 0 Å². The molecule has 0 unspecified atom stereocenters. The molecule has 0 aliphatic heterocycles. The van der Waals surface area contributed by atoms with Gasteiger partial charge in [0.15, 0.2) is 5.75 Å². The number of carboxylic acid groups (broad SMARTS) is 1. The lowest BCUT2D eigenvalue weighted by Gasteiger charge is -2.06. The van der Waals surface area contributed by atoms with E-state index in [4.69, 9.17) is 9.84 Å². The maximum Gasteiger partial charge on any atom is 0.335 e. The molecule has 0 atom stereocenters. The molecule has 0 spiro atoms. The van der Waals surface area contributed by atoms with Gasteiger partial charge in [0.25, 0.3) is 0 Å². The Labute approximate surface area is 118 Å². The van der Waals surface area contributed by atoms with Gasteiger partial charge in [0, 0.05) is 6.04 Å². The van der Waals surface area contributed by atoms with E-state index in [0.29, 0.717) is 16.0 Å². The summed E-state index contributed by atoms with van der Waals surface area (Å²) in [5.41, 5.74) is 0.206. The summed E-state index contributed by atoms with van der Waals surface area (Å²) in [6.07, 6.45) is 3.42. The van der Waals surface area contributed by atoms with Crippen LogP contribution >= 0.6 is 15.9 Å². The number of halogens is 1. The van der Waals surface area contributed by atoms with Crippen molar-refractivity contribution in [2.24, 2.45) is 0 Å². The Balaban J connectivity index is 2.20. The van der Waals surface area contributed by atoms with Gasteiger partial charge in [-0.1, -0.05) is 0 Å². The predicted octanol–water partition coefficient (Wildman–Crippen LogP) is 3.72. The summed E-state index contributed by atoms with van der Waals surface area (Å²) in [4.78, 5) is 10.8. The molecule has 0 saturated carbocycles. The van der Waals surface area contributed by atoms with Gasteiger partial charge in [-0.3, -0.25) is 4.68 Å². The number of hydrogen-bond acceptors (Lipinski definition) is 3. The van der Waals surface area contributed by atoms with E-state index in [9.17, 15) is 4.79 Å². The fraction of sp³-hybridized carbons (Fsp3) is 0.231. The number of nitrogens with zero attached hydrogens (tertiary/aromatic N) is 2. The lowest BCUT2D eigenvalue weighted by atomic mass is 10.2. The van der Waals surface area contributed by atoms with E-state index in [1.54, 1.807) is 23.1 Å². The lowest BCUT2D eigenvalue weighted by Crippen LogP contribution is -1.99. The van der Waals surface area contributed by atoms with Crippen molar-refractivity contribution < 1.29 is 14.6 Å². The number of aromatic carboxylic acids is 1. The van der Waals surface area contributed by atoms with Crippen LogP contribution in [0.1, 0.15) is 30.2 Å². The maximum atomic E-state index is 10.8. The molecular formula is C13H13BrN2O3. The highest BCUT2D eigenvalue weighted by atomic mass is 79.9. The topological polar surface area (TPSA) is 64.3 Å². The third-order valence-corrected chi connectivity index (χ3v) is 3.13. The summed E-state index contributed by atoms with van der Waals surface area (Å²) in [6, 6.07) is 4.87. The summed E-state index contributed by atoms with van der Waals surface area (Å²) in [5, 5.41) is 13.0. The molecule has 100 valence electrons. The van der Waals surface area contributed by atoms with Crippen LogP contribution in [0.2, 0.25) is 0 Å². The van der Waals surface area contributed by atoms with E-state index in [1.807, 2.05) is 13.8 Å². The molecule has 1 N–H and O–H groups in total. The third-order valence-electron chi connectivity index (χ3n) is 2.51. The first-order valence-corrected chi connectivity index (χ1v) is 6.51. The van der Waals surface area contributed by atoms with Gasteiger partial charge in [-0.2, -0.15) is 5.10 Å². The van der Waals surface area contributed by atoms with Gasteiger partial charge in [-0.25, -0.2) is 4.79 Å². The molecule has 6 heteroatoms. The van der Waals surface area contributed by atoms with Crippen LogP contribution in [0.5, 0.6) is 11.5 Å². The Morgan fingerprint density at radius 2 is 2.21 bits per heavy atom. The highest BCUT2D eigenvalue weighted by Gasteiger charge is 2.10. The Kier molecular flexibility index (Phi) is 3.90. The minimum Gasteiger partial charge on any atom is -0.478 e. The molecule has 2 rings (SSSR count). The Bertz CT molecular complexity index is 608. The molecule has 0 bridgehead atoms.